The van der Waals surface area contributed by atoms with Gasteiger partial charge in [0.1, 0.15) is 0 Å². The van der Waals surface area contributed by atoms with Gasteiger partial charge in [-0.05, 0) is 32.0 Å². The first-order valence-electron chi connectivity index (χ1n) is 9.85. The van der Waals surface area contributed by atoms with Gasteiger partial charge in [0.15, 0.2) is 0 Å². The van der Waals surface area contributed by atoms with Gasteiger partial charge in [-0.1, -0.05) is 0 Å². The average Bonchev–Trinajstić information content (AvgIpc) is 2.72. The van der Waals surface area contributed by atoms with Crippen molar-refractivity contribution in [1.29, 1.82) is 0 Å². The van der Waals surface area contributed by atoms with Crippen LogP contribution in [0.1, 0.15) is 24.2 Å². The molecule has 0 saturated carbocycles. The summed E-state index contributed by atoms with van der Waals surface area (Å²) in [4.78, 5) is 30.0. The number of aromatic nitrogens is 1. The molecule has 2 aromatic rings. The Bertz CT molecular complexity index is 1130. The number of fused-ring (bicyclic) bond motifs is 1. The summed E-state index contributed by atoms with van der Waals surface area (Å²) in [6.45, 7) is 6.22. The van der Waals surface area contributed by atoms with E-state index in [-0.39, 0.29) is 29.5 Å². The number of ether oxygens (including phenoxy) is 2. The number of amides is 1. The van der Waals surface area contributed by atoms with Crippen molar-refractivity contribution >= 4 is 26.8 Å². The molecule has 2 aliphatic heterocycles. The van der Waals surface area contributed by atoms with Crippen LogP contribution in [0.5, 0.6) is 0 Å². The van der Waals surface area contributed by atoms with E-state index >= 15 is 0 Å². The summed E-state index contributed by atoms with van der Waals surface area (Å²) in [6, 6.07) is 5.69. The Balaban J connectivity index is 1.81. The molecule has 0 atom stereocenters. The third-order valence-corrected chi connectivity index (χ3v) is 7.44. The van der Waals surface area contributed by atoms with Crippen LogP contribution in [0, 0.1) is 0 Å². The number of benzene rings is 1. The van der Waals surface area contributed by atoms with E-state index in [4.69, 9.17) is 9.47 Å². The van der Waals surface area contributed by atoms with Crippen LogP contribution in [0.25, 0.3) is 10.9 Å². The lowest BCUT2D eigenvalue weighted by molar-refractivity contribution is -0.0369. The van der Waals surface area contributed by atoms with Crippen molar-refractivity contribution in [1.82, 2.24) is 14.2 Å². The number of nitrogens with zero attached hydrogens (tertiary/aromatic N) is 2. The number of carbonyl (C=O) groups is 1. The molecular formula is C20H25N3O6S. The SMILES string of the molecule is CC1(C)COCCN1C(=O)c1cc(=O)[nH]c2ccc(S(=O)(=O)N3CCOCC3)cc12. The monoisotopic (exact) mass is 435 g/mol. The number of rotatable bonds is 3. The third kappa shape index (κ3) is 3.76. The Morgan fingerprint density at radius 1 is 1.07 bits per heavy atom. The Kier molecular flexibility index (Phi) is 5.43. The summed E-state index contributed by atoms with van der Waals surface area (Å²) in [5.41, 5.74) is -0.358. The quantitative estimate of drug-likeness (QED) is 0.764. The molecule has 2 aliphatic rings. The number of carbonyl (C=O) groups excluding carboxylic acids is 1. The van der Waals surface area contributed by atoms with Gasteiger partial charge in [-0.3, -0.25) is 9.59 Å². The number of aromatic amines is 1. The van der Waals surface area contributed by atoms with Gasteiger partial charge >= 0.3 is 0 Å². The van der Waals surface area contributed by atoms with E-state index in [2.05, 4.69) is 4.98 Å². The van der Waals surface area contributed by atoms with E-state index < -0.39 is 21.1 Å². The molecule has 0 aliphatic carbocycles. The molecule has 1 amide bonds. The van der Waals surface area contributed by atoms with Crippen molar-refractivity contribution in [3.63, 3.8) is 0 Å². The van der Waals surface area contributed by atoms with Crippen LogP contribution >= 0.6 is 0 Å². The van der Waals surface area contributed by atoms with Crippen molar-refractivity contribution in [3.8, 4) is 0 Å². The maximum atomic E-state index is 13.4. The fraction of sp³-hybridized carbons (Fsp3) is 0.500. The normalized spacial score (nSPS) is 20.4. The van der Waals surface area contributed by atoms with E-state index in [0.29, 0.717) is 43.9 Å². The first kappa shape index (κ1) is 21.0. The predicted octanol–water partition coefficient (Wildman–Crippen LogP) is 0.800. The largest absolute Gasteiger partial charge is 0.379 e. The average molecular weight is 436 g/mol. The van der Waals surface area contributed by atoms with E-state index in [1.165, 1.54) is 28.6 Å². The fourth-order valence-corrected chi connectivity index (χ4v) is 5.32. The molecule has 9 nitrogen and oxygen atoms in total. The van der Waals surface area contributed by atoms with Crippen LogP contribution in [0.3, 0.4) is 0 Å². The third-order valence-electron chi connectivity index (χ3n) is 5.54. The Morgan fingerprint density at radius 3 is 2.47 bits per heavy atom. The van der Waals surface area contributed by atoms with E-state index in [1.807, 2.05) is 13.8 Å². The lowest BCUT2D eigenvalue weighted by atomic mass is 9.99. The molecule has 3 heterocycles. The smallest absolute Gasteiger partial charge is 0.255 e. The number of sulfonamides is 1. The van der Waals surface area contributed by atoms with Crippen LogP contribution < -0.4 is 5.56 Å². The first-order chi connectivity index (χ1) is 14.2. The lowest BCUT2D eigenvalue weighted by Crippen LogP contribution is -2.55. The van der Waals surface area contributed by atoms with Crippen LogP contribution in [0.15, 0.2) is 34.0 Å². The molecule has 2 fully saturated rings. The van der Waals surface area contributed by atoms with Crippen LogP contribution in [-0.4, -0.2) is 80.1 Å². The number of H-pyrrole nitrogens is 1. The van der Waals surface area contributed by atoms with Gasteiger partial charge in [0.25, 0.3) is 5.91 Å². The molecule has 1 aromatic heterocycles. The topological polar surface area (TPSA) is 109 Å². The zero-order valence-corrected chi connectivity index (χ0v) is 17.8. The van der Waals surface area contributed by atoms with E-state index in [1.54, 1.807) is 4.90 Å². The summed E-state index contributed by atoms with van der Waals surface area (Å²) in [5.74, 6) is -0.319. The Hall–Kier alpha value is -2.27. The van der Waals surface area contributed by atoms with Gasteiger partial charge < -0.3 is 19.4 Å². The minimum Gasteiger partial charge on any atom is -0.379 e. The maximum Gasteiger partial charge on any atom is 0.255 e. The van der Waals surface area contributed by atoms with Crippen LogP contribution in [0.2, 0.25) is 0 Å². The second kappa shape index (κ2) is 7.77. The molecule has 2 saturated heterocycles. The highest BCUT2D eigenvalue weighted by Crippen LogP contribution is 2.27. The highest BCUT2D eigenvalue weighted by molar-refractivity contribution is 7.89. The first-order valence-corrected chi connectivity index (χ1v) is 11.3. The van der Waals surface area contributed by atoms with Gasteiger partial charge in [-0.2, -0.15) is 4.31 Å². The molecule has 4 rings (SSSR count). The number of morpholine rings is 2. The second-order valence-corrected chi connectivity index (χ2v) is 10.0. The number of hydrogen-bond acceptors (Lipinski definition) is 6. The standard InChI is InChI=1S/C20H25N3O6S/c1-20(2)13-29-10-7-23(20)19(25)16-12-18(24)21-17-4-3-14(11-15(16)17)30(26,27)22-5-8-28-9-6-22/h3-4,11-12H,5-10,13H2,1-2H3,(H,21,24). The number of pyridine rings is 1. The molecule has 0 spiro atoms. The molecule has 0 unspecified atom stereocenters. The van der Waals surface area contributed by atoms with E-state index in [0.717, 1.165) is 0 Å². The zero-order valence-electron chi connectivity index (χ0n) is 17.0. The van der Waals surface area contributed by atoms with Crippen molar-refractivity contribution in [2.75, 3.05) is 46.1 Å². The summed E-state index contributed by atoms with van der Waals surface area (Å²) < 4.78 is 38.2. The Labute approximate surface area is 174 Å². The van der Waals surface area contributed by atoms with E-state index in [9.17, 15) is 18.0 Å². The molecule has 0 bridgehead atoms. The van der Waals surface area contributed by atoms with Crippen LogP contribution in [-0.2, 0) is 19.5 Å². The zero-order chi connectivity index (χ0) is 21.5. The number of hydrogen-bond donors (Lipinski definition) is 1. The highest BCUT2D eigenvalue weighted by Gasteiger charge is 2.35. The lowest BCUT2D eigenvalue weighted by Gasteiger charge is -2.42. The summed E-state index contributed by atoms with van der Waals surface area (Å²) in [6.07, 6.45) is 0. The minimum absolute atomic E-state index is 0.0826. The van der Waals surface area contributed by atoms with Gasteiger partial charge in [0, 0.05) is 36.6 Å². The molecule has 10 heteroatoms. The molecule has 1 aromatic carbocycles. The molecule has 30 heavy (non-hydrogen) atoms. The highest BCUT2D eigenvalue weighted by atomic mass is 32.2. The molecule has 1 N–H and O–H groups in total. The Morgan fingerprint density at radius 2 is 1.77 bits per heavy atom. The van der Waals surface area contributed by atoms with Crippen molar-refractivity contribution < 1.29 is 22.7 Å². The fourth-order valence-electron chi connectivity index (χ4n) is 3.89. The van der Waals surface area contributed by atoms with Gasteiger partial charge in [-0.15, -0.1) is 0 Å². The maximum absolute atomic E-state index is 13.4. The van der Waals surface area contributed by atoms with Crippen LogP contribution in [0.4, 0.5) is 0 Å². The van der Waals surface area contributed by atoms with Crippen molar-refractivity contribution in [3.05, 3.63) is 40.2 Å². The molecule has 0 radical (unpaired) electrons. The number of nitrogens with one attached hydrogen (secondary N) is 1. The van der Waals surface area contributed by atoms with Crippen molar-refractivity contribution in [2.24, 2.45) is 0 Å². The predicted molar refractivity (Wildman–Crippen MR) is 110 cm³/mol. The summed E-state index contributed by atoms with van der Waals surface area (Å²) in [5, 5.41) is 0.399. The van der Waals surface area contributed by atoms with Crippen molar-refractivity contribution in [2.45, 2.75) is 24.3 Å². The van der Waals surface area contributed by atoms with Gasteiger partial charge in [0.2, 0.25) is 15.6 Å². The summed E-state index contributed by atoms with van der Waals surface area (Å²) >= 11 is 0. The molecule has 162 valence electrons. The van der Waals surface area contributed by atoms with Gasteiger partial charge in [0.05, 0.1) is 42.4 Å². The minimum atomic E-state index is -3.74. The molecular weight excluding hydrogens is 410 g/mol. The second-order valence-electron chi connectivity index (χ2n) is 8.09. The summed E-state index contributed by atoms with van der Waals surface area (Å²) in [7, 11) is -3.74. The van der Waals surface area contributed by atoms with Gasteiger partial charge in [-0.25, -0.2) is 8.42 Å².